The summed E-state index contributed by atoms with van der Waals surface area (Å²) in [5.41, 5.74) is 6.52. The molecular weight excluding hydrogens is 356 g/mol. The number of carbonyl (C=O) groups excluding carboxylic acids is 2. The Bertz CT molecular complexity index is 770. The van der Waals surface area contributed by atoms with E-state index in [1.165, 1.54) is 4.90 Å². The number of ether oxygens (including phenoxy) is 1. The molecule has 0 bridgehead atoms. The number of oxime groups is 1. The molecule has 0 saturated carbocycles. The Balaban J connectivity index is 1.63. The van der Waals surface area contributed by atoms with Gasteiger partial charge in [0.25, 0.3) is 5.91 Å². The lowest BCUT2D eigenvalue weighted by Gasteiger charge is -2.31. The maximum atomic E-state index is 12.6. The third kappa shape index (κ3) is 3.78. The van der Waals surface area contributed by atoms with Crippen LogP contribution in [0.1, 0.15) is 18.4 Å². The van der Waals surface area contributed by atoms with Gasteiger partial charge < -0.3 is 25.7 Å². The summed E-state index contributed by atoms with van der Waals surface area (Å²) in [6.07, 6.45) is -0.783. The summed E-state index contributed by atoms with van der Waals surface area (Å²) in [5.74, 6) is -1.66. The van der Waals surface area contributed by atoms with Crippen molar-refractivity contribution < 1.29 is 29.4 Å². The number of carboxylic acid groups (broad SMARTS) is 1. The molecule has 2 aliphatic rings. The van der Waals surface area contributed by atoms with Crippen molar-refractivity contribution in [1.82, 2.24) is 4.90 Å². The lowest BCUT2D eigenvalue weighted by atomic mass is 9.97. The number of nitrogens with zero attached hydrogens (tertiary/aromatic N) is 3. The minimum Gasteiger partial charge on any atom is -0.481 e. The molecule has 1 aromatic rings. The van der Waals surface area contributed by atoms with Gasteiger partial charge in [-0.2, -0.15) is 0 Å². The minimum atomic E-state index is -0.928. The monoisotopic (exact) mass is 376 g/mol. The van der Waals surface area contributed by atoms with E-state index in [9.17, 15) is 14.4 Å². The van der Waals surface area contributed by atoms with E-state index in [2.05, 4.69) is 5.16 Å². The zero-order chi connectivity index (χ0) is 19.6. The summed E-state index contributed by atoms with van der Waals surface area (Å²) >= 11 is 0. The molecule has 144 valence electrons. The predicted molar refractivity (Wildman–Crippen MR) is 93.5 cm³/mol. The molecule has 2 aliphatic heterocycles. The molecule has 2 heterocycles. The van der Waals surface area contributed by atoms with Crippen LogP contribution in [0.2, 0.25) is 0 Å². The number of amides is 2. The fraction of sp³-hybridized carbons (Fsp3) is 0.412. The van der Waals surface area contributed by atoms with Gasteiger partial charge in [0.15, 0.2) is 11.9 Å². The average Bonchev–Trinajstić information content (AvgIpc) is 3.08. The highest BCUT2D eigenvalue weighted by molar-refractivity contribution is 5.99. The molecule has 0 spiro atoms. The average molecular weight is 376 g/mol. The van der Waals surface area contributed by atoms with Crippen LogP contribution in [0.3, 0.4) is 0 Å². The molecule has 10 nitrogen and oxygen atoms in total. The summed E-state index contributed by atoms with van der Waals surface area (Å²) in [6, 6.07) is 6.40. The molecule has 2 fully saturated rings. The second-order valence-electron chi connectivity index (χ2n) is 6.45. The van der Waals surface area contributed by atoms with Crippen LogP contribution in [-0.4, -0.2) is 64.8 Å². The number of carbonyl (C=O) groups is 3. The molecule has 1 atom stereocenters. The molecule has 3 rings (SSSR count). The number of rotatable bonds is 4. The van der Waals surface area contributed by atoms with Gasteiger partial charge >= 0.3 is 12.1 Å². The maximum Gasteiger partial charge on any atom is 0.415 e. The zero-order valence-corrected chi connectivity index (χ0v) is 14.4. The highest BCUT2D eigenvalue weighted by Crippen LogP contribution is 2.25. The van der Waals surface area contributed by atoms with Gasteiger partial charge in [-0.1, -0.05) is 5.16 Å². The van der Waals surface area contributed by atoms with Crippen LogP contribution in [0, 0.1) is 5.92 Å². The quantitative estimate of drug-likeness (QED) is 0.299. The van der Waals surface area contributed by atoms with Gasteiger partial charge in [0, 0.05) is 24.3 Å². The van der Waals surface area contributed by atoms with Crippen LogP contribution < -0.4 is 10.6 Å². The van der Waals surface area contributed by atoms with Crippen LogP contribution in [0.15, 0.2) is 29.4 Å². The van der Waals surface area contributed by atoms with Crippen molar-refractivity contribution in [2.75, 3.05) is 24.5 Å². The molecule has 1 aromatic carbocycles. The Kier molecular flexibility index (Phi) is 5.15. The molecule has 2 amide bonds. The highest BCUT2D eigenvalue weighted by atomic mass is 16.6. The molecule has 1 unspecified atom stereocenters. The number of amidine groups is 1. The summed E-state index contributed by atoms with van der Waals surface area (Å²) in [4.78, 5) is 38.6. The number of likely N-dealkylation sites (tertiary alicyclic amines) is 1. The summed E-state index contributed by atoms with van der Waals surface area (Å²) < 4.78 is 5.21. The van der Waals surface area contributed by atoms with E-state index < -0.39 is 24.1 Å². The first-order valence-corrected chi connectivity index (χ1v) is 8.48. The number of carboxylic acids is 1. The molecule has 10 heteroatoms. The van der Waals surface area contributed by atoms with Crippen LogP contribution >= 0.6 is 0 Å². The van der Waals surface area contributed by atoms with Gasteiger partial charge in [0.2, 0.25) is 0 Å². The van der Waals surface area contributed by atoms with Crippen molar-refractivity contribution in [2.24, 2.45) is 16.8 Å². The summed E-state index contributed by atoms with van der Waals surface area (Å²) in [6.45, 7) is 0.732. The Hall–Kier alpha value is -3.30. The first-order valence-electron chi connectivity index (χ1n) is 8.48. The van der Waals surface area contributed by atoms with Crippen LogP contribution in [0.5, 0.6) is 0 Å². The van der Waals surface area contributed by atoms with E-state index in [1.54, 1.807) is 29.2 Å². The second kappa shape index (κ2) is 7.52. The smallest absolute Gasteiger partial charge is 0.415 e. The van der Waals surface area contributed by atoms with Gasteiger partial charge in [-0.15, -0.1) is 0 Å². The van der Waals surface area contributed by atoms with Gasteiger partial charge in [-0.05, 0) is 37.1 Å². The van der Waals surface area contributed by atoms with Crippen LogP contribution in [-0.2, 0) is 14.3 Å². The van der Waals surface area contributed by atoms with Crippen molar-refractivity contribution >= 4 is 29.5 Å². The topological polar surface area (TPSA) is 146 Å². The number of cyclic esters (lactones) is 1. The molecule has 0 radical (unpaired) electrons. The standard InChI is InChI=1S/C17H20N4O6/c18-14(19-26)10-1-3-12(4-2-10)21-9-13(27-17(21)25)15(22)20-7-5-11(6-8-20)16(23)24/h1-4,11,13,26H,5-9H2,(H2,18,19)(H,23,24). The molecule has 4 N–H and O–H groups in total. The van der Waals surface area contributed by atoms with Gasteiger partial charge in [-0.3, -0.25) is 14.5 Å². The zero-order valence-electron chi connectivity index (χ0n) is 14.4. The number of benzene rings is 1. The van der Waals surface area contributed by atoms with Crippen LogP contribution in [0.25, 0.3) is 0 Å². The summed E-state index contributed by atoms with van der Waals surface area (Å²) in [5, 5.41) is 20.6. The number of nitrogens with two attached hydrogens (primary N) is 1. The van der Waals surface area contributed by atoms with Gasteiger partial charge in [0.05, 0.1) is 12.5 Å². The fourth-order valence-electron chi connectivity index (χ4n) is 3.22. The van der Waals surface area contributed by atoms with E-state index in [1.807, 2.05) is 0 Å². The summed E-state index contributed by atoms with van der Waals surface area (Å²) in [7, 11) is 0. The third-order valence-electron chi connectivity index (χ3n) is 4.83. The van der Waals surface area contributed by atoms with Crippen molar-refractivity contribution in [2.45, 2.75) is 18.9 Å². The van der Waals surface area contributed by atoms with E-state index in [4.69, 9.17) is 20.8 Å². The lowest BCUT2D eigenvalue weighted by molar-refractivity contribution is -0.147. The van der Waals surface area contributed by atoms with Crippen molar-refractivity contribution in [3.63, 3.8) is 0 Å². The SMILES string of the molecule is NC(=NO)c1ccc(N2CC(C(=O)N3CCC(C(=O)O)CC3)OC2=O)cc1. The minimum absolute atomic E-state index is 0.0524. The molecular formula is C17H20N4O6. The van der Waals surface area contributed by atoms with E-state index in [0.717, 1.165) is 0 Å². The van der Waals surface area contributed by atoms with Crippen molar-refractivity contribution in [1.29, 1.82) is 0 Å². The fourth-order valence-corrected chi connectivity index (χ4v) is 3.22. The van der Waals surface area contributed by atoms with E-state index >= 15 is 0 Å². The number of piperidine rings is 1. The molecule has 0 aliphatic carbocycles. The predicted octanol–water partition coefficient (Wildman–Crippen LogP) is 0.429. The Morgan fingerprint density at radius 1 is 1.19 bits per heavy atom. The normalized spacial score (nSPS) is 21.3. The first kappa shape index (κ1) is 18.5. The Morgan fingerprint density at radius 3 is 2.37 bits per heavy atom. The van der Waals surface area contributed by atoms with Crippen LogP contribution in [0.4, 0.5) is 10.5 Å². The third-order valence-corrected chi connectivity index (χ3v) is 4.83. The van der Waals surface area contributed by atoms with Gasteiger partial charge in [-0.25, -0.2) is 4.79 Å². The highest BCUT2D eigenvalue weighted by Gasteiger charge is 2.40. The Labute approximate surface area is 154 Å². The number of aliphatic carboxylic acids is 1. The van der Waals surface area contributed by atoms with E-state index in [-0.39, 0.29) is 18.3 Å². The molecule has 27 heavy (non-hydrogen) atoms. The number of anilines is 1. The largest absolute Gasteiger partial charge is 0.481 e. The lowest BCUT2D eigenvalue weighted by Crippen LogP contribution is -2.46. The Morgan fingerprint density at radius 2 is 1.81 bits per heavy atom. The number of hydrogen-bond donors (Lipinski definition) is 3. The van der Waals surface area contributed by atoms with Gasteiger partial charge in [0.1, 0.15) is 0 Å². The maximum absolute atomic E-state index is 12.6. The molecule has 2 saturated heterocycles. The van der Waals surface area contributed by atoms with Crippen molar-refractivity contribution in [3.8, 4) is 0 Å². The number of hydrogen-bond acceptors (Lipinski definition) is 6. The second-order valence-corrected chi connectivity index (χ2v) is 6.45. The first-order chi connectivity index (χ1) is 12.9. The molecule has 0 aromatic heterocycles. The van der Waals surface area contributed by atoms with Crippen molar-refractivity contribution in [3.05, 3.63) is 29.8 Å². The van der Waals surface area contributed by atoms with E-state index in [0.29, 0.717) is 37.2 Å².